The summed E-state index contributed by atoms with van der Waals surface area (Å²) >= 11 is 5.91. The fourth-order valence-electron chi connectivity index (χ4n) is 3.86. The zero-order valence-corrected chi connectivity index (χ0v) is 23.0. The number of hydrogen-bond donors (Lipinski definition) is 4. The first-order chi connectivity index (χ1) is 19.5. The van der Waals surface area contributed by atoms with Crippen molar-refractivity contribution in [2.24, 2.45) is 0 Å². The molecule has 4 N–H and O–H groups in total. The van der Waals surface area contributed by atoms with Crippen LogP contribution in [0, 0.1) is 0 Å². The number of carboxylic acid groups (broad SMARTS) is 1. The second kappa shape index (κ2) is 13.0. The van der Waals surface area contributed by atoms with E-state index in [9.17, 15) is 34.8 Å². The summed E-state index contributed by atoms with van der Waals surface area (Å²) in [5, 5.41) is 13.8. The molecular weight excluding hydrogens is 618 g/mol. The van der Waals surface area contributed by atoms with Crippen LogP contribution in [0.4, 0.5) is 55.0 Å². The van der Waals surface area contributed by atoms with Gasteiger partial charge in [-0.25, -0.2) is 27.9 Å². The predicted molar refractivity (Wildman–Crippen MR) is 143 cm³/mol. The van der Waals surface area contributed by atoms with Gasteiger partial charge in [0.25, 0.3) is 0 Å². The molecule has 1 aliphatic heterocycles. The molecule has 1 saturated heterocycles. The van der Waals surface area contributed by atoms with Crippen LogP contribution < -0.4 is 20.3 Å². The van der Waals surface area contributed by atoms with E-state index in [0.29, 0.717) is 22.9 Å². The molecule has 1 fully saturated rings. The Bertz CT molecular complexity index is 1510. The van der Waals surface area contributed by atoms with Crippen LogP contribution in [0.3, 0.4) is 0 Å². The molecule has 2 heterocycles. The summed E-state index contributed by atoms with van der Waals surface area (Å²) < 4.78 is 99.7. The van der Waals surface area contributed by atoms with Crippen molar-refractivity contribution in [3.05, 3.63) is 59.9 Å². The van der Waals surface area contributed by atoms with Crippen LogP contribution in [0.25, 0.3) is 0 Å². The number of sulfonamides is 1. The third-order valence-corrected chi connectivity index (χ3v) is 7.44. The number of anilines is 5. The Morgan fingerprint density at radius 3 is 2.14 bits per heavy atom. The van der Waals surface area contributed by atoms with Gasteiger partial charge in [0.2, 0.25) is 10.0 Å². The fourth-order valence-corrected chi connectivity index (χ4v) is 4.74. The van der Waals surface area contributed by atoms with E-state index >= 15 is 0 Å². The Balaban J connectivity index is 0.000000616. The molecule has 3 aromatic rings. The van der Waals surface area contributed by atoms with Gasteiger partial charge in [-0.15, -0.1) is 0 Å². The highest BCUT2D eigenvalue weighted by atomic mass is 35.5. The number of nitrogens with zero attached hydrogens (tertiary/aromatic N) is 3. The van der Waals surface area contributed by atoms with Gasteiger partial charge in [0.15, 0.2) is 0 Å². The Morgan fingerprint density at radius 1 is 1.00 bits per heavy atom. The number of hydrogen-bond acceptors (Lipinski definition) is 8. The number of aliphatic carboxylic acids is 1. The van der Waals surface area contributed by atoms with E-state index in [4.69, 9.17) is 21.5 Å². The number of nitrogens with one attached hydrogen (secondary N) is 3. The summed E-state index contributed by atoms with van der Waals surface area (Å²) in [7, 11) is -2.57. The van der Waals surface area contributed by atoms with Gasteiger partial charge in [-0.2, -0.15) is 26.3 Å². The molecule has 1 atom stereocenters. The van der Waals surface area contributed by atoms with Crippen molar-refractivity contribution in [3.8, 4) is 0 Å². The number of rotatable bonds is 7. The first-order valence-corrected chi connectivity index (χ1v) is 13.7. The highest BCUT2D eigenvalue weighted by Gasteiger charge is 2.46. The zero-order chi connectivity index (χ0) is 31.3. The molecule has 0 saturated carbocycles. The Kier molecular flexibility index (Phi) is 10.1. The van der Waals surface area contributed by atoms with Crippen LogP contribution in [0.15, 0.2) is 59.8 Å². The third-order valence-electron chi connectivity index (χ3n) is 5.78. The Hall–Kier alpha value is -3.83. The molecule has 0 bridgehead atoms. The molecule has 4 rings (SSSR count). The number of carboxylic acids is 1. The summed E-state index contributed by atoms with van der Waals surface area (Å²) in [6.07, 6.45) is -7.90. The minimum atomic E-state index is -5.08. The van der Waals surface area contributed by atoms with Crippen molar-refractivity contribution in [3.63, 3.8) is 0 Å². The van der Waals surface area contributed by atoms with Gasteiger partial charge in [-0.05, 0) is 62.4 Å². The van der Waals surface area contributed by atoms with Gasteiger partial charge in [0.1, 0.15) is 24.0 Å². The maximum absolute atomic E-state index is 13.7. The number of benzene rings is 2. The lowest BCUT2D eigenvalue weighted by Crippen LogP contribution is -2.41. The summed E-state index contributed by atoms with van der Waals surface area (Å²) in [6.45, 7) is 0.185. The summed E-state index contributed by atoms with van der Waals surface area (Å²) in [6, 6.07) is 10.8. The topological polar surface area (TPSA) is 137 Å². The van der Waals surface area contributed by atoms with Gasteiger partial charge in [0, 0.05) is 23.3 Å². The molecular formula is C24H23ClF6N6O4S. The SMILES string of the molecule is CNS(=O)(=O)c1ccc(N2CCC[C@@H]2C(F)(F)F)c(Nc2cc(Nc3ccc(Cl)cc3)ncn2)c1.O=C(O)C(F)(F)F. The van der Waals surface area contributed by atoms with Gasteiger partial charge in [-0.3, -0.25) is 0 Å². The lowest BCUT2D eigenvalue weighted by atomic mass is 10.2. The quantitative estimate of drug-likeness (QED) is 0.240. The first kappa shape index (κ1) is 32.7. The molecule has 18 heteroatoms. The maximum Gasteiger partial charge on any atom is 0.490 e. The van der Waals surface area contributed by atoms with Crippen LogP contribution in [-0.2, 0) is 14.8 Å². The average molecular weight is 641 g/mol. The second-order valence-electron chi connectivity index (χ2n) is 8.63. The molecule has 0 radical (unpaired) electrons. The van der Waals surface area contributed by atoms with E-state index in [1.807, 2.05) is 0 Å². The predicted octanol–water partition coefficient (Wildman–Crippen LogP) is 5.69. The molecule has 0 amide bonds. The molecule has 1 aliphatic rings. The third kappa shape index (κ3) is 8.59. The minimum Gasteiger partial charge on any atom is -0.475 e. The minimum absolute atomic E-state index is 0.0395. The van der Waals surface area contributed by atoms with E-state index in [2.05, 4.69) is 25.3 Å². The van der Waals surface area contributed by atoms with E-state index in [-0.39, 0.29) is 35.1 Å². The fraction of sp³-hybridized carbons (Fsp3) is 0.292. The van der Waals surface area contributed by atoms with Crippen LogP contribution in [0.2, 0.25) is 5.02 Å². The zero-order valence-electron chi connectivity index (χ0n) is 21.5. The van der Waals surface area contributed by atoms with Gasteiger partial charge in [0.05, 0.1) is 16.3 Å². The molecule has 1 aromatic heterocycles. The summed E-state index contributed by atoms with van der Waals surface area (Å²) in [5.74, 6) is -2.08. The highest BCUT2D eigenvalue weighted by molar-refractivity contribution is 7.89. The lowest BCUT2D eigenvalue weighted by molar-refractivity contribution is -0.192. The van der Waals surface area contributed by atoms with Crippen LogP contribution in [-0.4, -0.2) is 61.4 Å². The number of carbonyl (C=O) groups is 1. The molecule has 0 spiro atoms. The maximum atomic E-state index is 13.7. The van der Waals surface area contributed by atoms with Crippen molar-refractivity contribution in [1.29, 1.82) is 0 Å². The molecule has 2 aromatic carbocycles. The average Bonchev–Trinajstić information content (AvgIpc) is 3.41. The second-order valence-corrected chi connectivity index (χ2v) is 11.0. The van der Waals surface area contributed by atoms with E-state index < -0.39 is 34.4 Å². The summed E-state index contributed by atoms with van der Waals surface area (Å²) in [4.78, 5) is 18.3. The number of halogens is 7. The number of alkyl halides is 6. The van der Waals surface area contributed by atoms with E-state index in [1.165, 1.54) is 36.5 Å². The largest absolute Gasteiger partial charge is 0.490 e. The standard InChI is InChI=1S/C22H22ClF3N6O2S.C2HF3O2/c1-27-35(33,34)16-8-9-18(32-10-2-3-19(32)22(24,25)26)17(11-16)31-21-12-20(28-13-29-21)30-15-6-4-14(23)5-7-15;3-2(4,5)1(6)7/h4-9,11-13,19,27H,2-3,10H2,1H3,(H2,28,29,30,31);(H,6,7)/t19-;/m1./s1. The van der Waals surface area contributed by atoms with E-state index in [1.54, 1.807) is 30.3 Å². The monoisotopic (exact) mass is 640 g/mol. The van der Waals surface area contributed by atoms with Gasteiger partial charge < -0.3 is 20.6 Å². The Labute approximate surface area is 240 Å². The van der Waals surface area contributed by atoms with E-state index in [0.717, 1.165) is 0 Å². The summed E-state index contributed by atoms with van der Waals surface area (Å²) in [5.41, 5.74) is 1.12. The van der Waals surface area contributed by atoms with Crippen LogP contribution >= 0.6 is 11.6 Å². The molecule has 0 aliphatic carbocycles. The van der Waals surface area contributed by atoms with Gasteiger partial charge >= 0.3 is 18.3 Å². The van der Waals surface area contributed by atoms with Crippen molar-refractivity contribution in [1.82, 2.24) is 14.7 Å². The first-order valence-electron chi connectivity index (χ1n) is 11.8. The molecule has 10 nitrogen and oxygen atoms in total. The smallest absolute Gasteiger partial charge is 0.475 e. The van der Waals surface area contributed by atoms with Crippen molar-refractivity contribution < 1.29 is 44.7 Å². The molecule has 228 valence electrons. The Morgan fingerprint density at radius 2 is 1.60 bits per heavy atom. The number of aromatic nitrogens is 2. The van der Waals surface area contributed by atoms with Crippen LogP contribution in [0.5, 0.6) is 0 Å². The van der Waals surface area contributed by atoms with Crippen molar-refractivity contribution >= 4 is 56.3 Å². The van der Waals surface area contributed by atoms with Crippen molar-refractivity contribution in [2.45, 2.75) is 36.1 Å². The lowest BCUT2D eigenvalue weighted by Gasteiger charge is -2.30. The van der Waals surface area contributed by atoms with Gasteiger partial charge in [-0.1, -0.05) is 11.6 Å². The van der Waals surface area contributed by atoms with Crippen LogP contribution in [0.1, 0.15) is 12.8 Å². The normalized spacial score (nSPS) is 15.5. The molecule has 0 unspecified atom stereocenters. The van der Waals surface area contributed by atoms with Crippen molar-refractivity contribution in [2.75, 3.05) is 29.1 Å². The molecule has 42 heavy (non-hydrogen) atoms. The highest BCUT2D eigenvalue weighted by Crippen LogP contribution is 2.40.